The monoisotopic (exact) mass is 364 g/mol. The van der Waals surface area contributed by atoms with Crippen LogP contribution in [0.3, 0.4) is 0 Å². The lowest BCUT2D eigenvalue weighted by Crippen LogP contribution is -2.38. The lowest BCUT2D eigenvalue weighted by Gasteiger charge is -2.27. The highest BCUT2D eigenvalue weighted by atomic mass is 35.5. The highest BCUT2D eigenvalue weighted by molar-refractivity contribution is 5.96. The zero-order chi connectivity index (χ0) is 17.1. The predicted octanol–water partition coefficient (Wildman–Crippen LogP) is 2.21. The molecule has 0 saturated carbocycles. The fourth-order valence-electron chi connectivity index (χ4n) is 3.35. The molecule has 1 fully saturated rings. The van der Waals surface area contributed by atoms with Gasteiger partial charge in [-0.05, 0) is 36.8 Å². The summed E-state index contributed by atoms with van der Waals surface area (Å²) in [5.74, 6) is 1.04. The van der Waals surface area contributed by atoms with Crippen molar-refractivity contribution in [3.8, 4) is 5.75 Å². The van der Waals surface area contributed by atoms with Gasteiger partial charge in [-0.15, -0.1) is 12.4 Å². The number of nitrogens with one attached hydrogen (secondary N) is 1. The number of hydrogen-bond acceptors (Lipinski definition) is 4. The van der Waals surface area contributed by atoms with Crippen LogP contribution in [0, 0.1) is 5.92 Å². The molecule has 0 radical (unpaired) electrons. The summed E-state index contributed by atoms with van der Waals surface area (Å²) in [5.41, 5.74) is 2.02. The van der Waals surface area contributed by atoms with Crippen LogP contribution in [0.25, 0.3) is 0 Å². The van der Waals surface area contributed by atoms with Gasteiger partial charge in [0.05, 0.1) is 19.2 Å². The molecule has 1 aliphatic rings. The predicted molar refractivity (Wildman–Crippen MR) is 101 cm³/mol. The molecule has 2 atom stereocenters. The molecule has 2 aromatic rings. The van der Waals surface area contributed by atoms with Crippen molar-refractivity contribution >= 4 is 24.0 Å². The molecule has 6 nitrogen and oxygen atoms in total. The average molecular weight is 365 g/mol. The fourth-order valence-corrected chi connectivity index (χ4v) is 3.35. The summed E-state index contributed by atoms with van der Waals surface area (Å²) >= 11 is 0. The molecule has 1 saturated heterocycles. The second-order valence-corrected chi connectivity index (χ2v) is 6.10. The quantitative estimate of drug-likeness (QED) is 0.883. The van der Waals surface area contributed by atoms with Gasteiger partial charge in [0.2, 0.25) is 5.91 Å². The Morgan fingerprint density at radius 2 is 2.08 bits per heavy atom. The minimum atomic E-state index is -0.0729. The molecule has 1 aliphatic heterocycles. The molecule has 7 heteroatoms. The SMILES string of the molecule is CCN(C(=O)[C@H]1CNC[C@@H]1c1cnn(C)c1)c1ccc(OC)cc1.Cl. The summed E-state index contributed by atoms with van der Waals surface area (Å²) < 4.78 is 6.99. The molecule has 2 heterocycles. The highest BCUT2D eigenvalue weighted by Crippen LogP contribution is 2.31. The third-order valence-corrected chi connectivity index (χ3v) is 4.65. The van der Waals surface area contributed by atoms with Crippen LogP contribution in [-0.2, 0) is 11.8 Å². The maximum absolute atomic E-state index is 13.1. The first kappa shape index (κ1) is 19.3. The largest absolute Gasteiger partial charge is 0.497 e. The molecular formula is C18H25ClN4O2. The summed E-state index contributed by atoms with van der Waals surface area (Å²) in [6.07, 6.45) is 3.86. The number of amides is 1. The van der Waals surface area contributed by atoms with Crippen molar-refractivity contribution in [2.24, 2.45) is 13.0 Å². The first-order valence-electron chi connectivity index (χ1n) is 8.28. The maximum atomic E-state index is 13.1. The van der Waals surface area contributed by atoms with E-state index in [0.717, 1.165) is 23.5 Å². The number of benzene rings is 1. The smallest absolute Gasteiger partial charge is 0.232 e. The van der Waals surface area contributed by atoms with Gasteiger partial charge in [-0.2, -0.15) is 5.10 Å². The number of carbonyl (C=O) groups excluding carboxylic acids is 1. The van der Waals surface area contributed by atoms with Crippen molar-refractivity contribution < 1.29 is 9.53 Å². The molecule has 1 aromatic heterocycles. The van der Waals surface area contributed by atoms with Crippen LogP contribution in [-0.4, -0.2) is 42.4 Å². The number of rotatable bonds is 5. The van der Waals surface area contributed by atoms with Gasteiger partial charge in [-0.25, -0.2) is 0 Å². The Labute approximate surface area is 154 Å². The molecule has 136 valence electrons. The lowest BCUT2D eigenvalue weighted by atomic mass is 9.89. The number of hydrogen-bond donors (Lipinski definition) is 1. The zero-order valence-electron chi connectivity index (χ0n) is 14.8. The van der Waals surface area contributed by atoms with E-state index < -0.39 is 0 Å². The molecule has 0 spiro atoms. The third kappa shape index (κ3) is 3.96. The lowest BCUT2D eigenvalue weighted by molar-refractivity contribution is -0.122. The zero-order valence-corrected chi connectivity index (χ0v) is 15.6. The number of ether oxygens (including phenoxy) is 1. The summed E-state index contributed by atoms with van der Waals surface area (Å²) in [6, 6.07) is 7.64. The Hall–Kier alpha value is -2.05. The second kappa shape index (κ2) is 8.36. The summed E-state index contributed by atoms with van der Waals surface area (Å²) in [7, 11) is 3.54. The molecule has 0 aliphatic carbocycles. The van der Waals surface area contributed by atoms with E-state index >= 15 is 0 Å². The average Bonchev–Trinajstić information content (AvgIpc) is 3.24. The summed E-state index contributed by atoms with van der Waals surface area (Å²) in [5, 5.41) is 7.60. The second-order valence-electron chi connectivity index (χ2n) is 6.10. The molecule has 25 heavy (non-hydrogen) atoms. The van der Waals surface area contributed by atoms with E-state index in [4.69, 9.17) is 4.74 Å². The summed E-state index contributed by atoms with van der Waals surface area (Å²) in [4.78, 5) is 15.0. The Bertz CT molecular complexity index is 701. The Morgan fingerprint density at radius 1 is 1.36 bits per heavy atom. The van der Waals surface area contributed by atoms with Crippen LogP contribution < -0.4 is 15.0 Å². The van der Waals surface area contributed by atoms with Crippen LogP contribution in [0.1, 0.15) is 18.4 Å². The van der Waals surface area contributed by atoms with Gasteiger partial charge < -0.3 is 15.0 Å². The maximum Gasteiger partial charge on any atom is 0.232 e. The van der Waals surface area contributed by atoms with Gasteiger partial charge >= 0.3 is 0 Å². The molecular weight excluding hydrogens is 340 g/mol. The highest BCUT2D eigenvalue weighted by Gasteiger charge is 2.37. The van der Waals surface area contributed by atoms with E-state index in [2.05, 4.69) is 10.4 Å². The van der Waals surface area contributed by atoms with E-state index in [9.17, 15) is 4.79 Å². The molecule has 1 amide bonds. The number of nitrogens with zero attached hydrogens (tertiary/aromatic N) is 3. The third-order valence-electron chi connectivity index (χ3n) is 4.65. The van der Waals surface area contributed by atoms with Crippen molar-refractivity contribution in [1.82, 2.24) is 15.1 Å². The van der Waals surface area contributed by atoms with E-state index in [1.54, 1.807) is 11.8 Å². The van der Waals surface area contributed by atoms with Crippen molar-refractivity contribution in [1.29, 1.82) is 0 Å². The first-order chi connectivity index (χ1) is 11.6. The van der Waals surface area contributed by atoms with Crippen molar-refractivity contribution in [3.05, 3.63) is 42.2 Å². The van der Waals surface area contributed by atoms with Crippen LogP contribution >= 0.6 is 12.4 Å². The van der Waals surface area contributed by atoms with Crippen LogP contribution in [0.2, 0.25) is 0 Å². The Kier molecular flexibility index (Phi) is 6.45. The van der Waals surface area contributed by atoms with E-state index in [1.807, 2.05) is 55.5 Å². The minimum Gasteiger partial charge on any atom is -0.497 e. The number of aryl methyl sites for hydroxylation is 1. The van der Waals surface area contributed by atoms with E-state index in [1.165, 1.54) is 0 Å². The number of carbonyl (C=O) groups is 1. The topological polar surface area (TPSA) is 59.4 Å². The number of halogens is 1. The standard InChI is InChI=1S/C18H24N4O2.ClH/c1-4-22(14-5-7-15(24-3)8-6-14)18(23)17-11-19-10-16(17)13-9-20-21(2)12-13;/h5-9,12,16-17,19H,4,10-11H2,1-3H3;1H/t16-,17+;/m1./s1. The van der Waals surface area contributed by atoms with Gasteiger partial charge in [0.25, 0.3) is 0 Å². The van der Waals surface area contributed by atoms with Gasteiger partial charge in [0.1, 0.15) is 5.75 Å². The van der Waals surface area contributed by atoms with Gasteiger partial charge in [0, 0.05) is 44.5 Å². The van der Waals surface area contributed by atoms with Gasteiger partial charge in [-0.1, -0.05) is 0 Å². The Morgan fingerprint density at radius 3 is 2.64 bits per heavy atom. The number of aromatic nitrogens is 2. The van der Waals surface area contributed by atoms with Crippen molar-refractivity contribution in [3.63, 3.8) is 0 Å². The molecule has 1 aromatic carbocycles. The molecule has 0 bridgehead atoms. The minimum absolute atomic E-state index is 0. The number of anilines is 1. The van der Waals surface area contributed by atoms with E-state index in [-0.39, 0.29) is 30.2 Å². The summed E-state index contributed by atoms with van der Waals surface area (Å²) in [6.45, 7) is 4.15. The molecule has 1 N–H and O–H groups in total. The van der Waals surface area contributed by atoms with Crippen molar-refractivity contribution in [2.75, 3.05) is 31.6 Å². The van der Waals surface area contributed by atoms with Crippen molar-refractivity contribution in [2.45, 2.75) is 12.8 Å². The normalized spacial score (nSPS) is 19.3. The molecule has 3 rings (SSSR count). The van der Waals surface area contributed by atoms with Crippen LogP contribution in [0.15, 0.2) is 36.7 Å². The molecule has 0 unspecified atom stereocenters. The van der Waals surface area contributed by atoms with Gasteiger partial charge in [0.15, 0.2) is 0 Å². The Balaban J connectivity index is 0.00000225. The number of methoxy groups -OCH3 is 1. The van der Waals surface area contributed by atoms with E-state index in [0.29, 0.717) is 13.1 Å². The fraction of sp³-hybridized carbons (Fsp3) is 0.444. The first-order valence-corrected chi connectivity index (χ1v) is 8.28. The van der Waals surface area contributed by atoms with Gasteiger partial charge in [-0.3, -0.25) is 9.48 Å². The van der Waals surface area contributed by atoms with Crippen LogP contribution in [0.4, 0.5) is 5.69 Å². The van der Waals surface area contributed by atoms with Crippen LogP contribution in [0.5, 0.6) is 5.75 Å².